The Balaban J connectivity index is 2.24. The fraction of sp³-hybridized carbons (Fsp3) is 0.364. The van der Waals surface area contributed by atoms with Gasteiger partial charge in [-0.2, -0.15) is 0 Å². The van der Waals surface area contributed by atoms with Crippen LogP contribution in [0.3, 0.4) is 0 Å². The Hall–Kier alpha value is -2.24. The van der Waals surface area contributed by atoms with E-state index in [1.807, 2.05) is 39.0 Å². The van der Waals surface area contributed by atoms with Gasteiger partial charge in [-0.1, -0.05) is 41.4 Å². The van der Waals surface area contributed by atoms with Crippen LogP contribution in [0.1, 0.15) is 30.5 Å². The van der Waals surface area contributed by atoms with Crippen LogP contribution in [0.25, 0.3) is 0 Å². The summed E-state index contributed by atoms with van der Waals surface area (Å²) in [5, 5.41) is 3.62. The second kappa shape index (κ2) is 10.5. The average molecular weight is 437 g/mol. The molecule has 2 aromatic carbocycles. The normalized spacial score (nSPS) is 11.7. The van der Waals surface area contributed by atoms with Crippen LogP contribution >= 0.6 is 23.2 Å². The molecule has 0 spiro atoms. The van der Waals surface area contributed by atoms with Crippen molar-refractivity contribution in [2.24, 2.45) is 0 Å². The molecule has 29 heavy (non-hydrogen) atoms. The maximum absolute atomic E-state index is 13.0. The summed E-state index contributed by atoms with van der Waals surface area (Å²) >= 11 is 12.6. The number of carbonyl (C=O) groups is 2. The monoisotopic (exact) mass is 436 g/mol. The van der Waals surface area contributed by atoms with Gasteiger partial charge in [-0.15, -0.1) is 0 Å². The van der Waals surface area contributed by atoms with Crippen molar-refractivity contribution in [1.29, 1.82) is 0 Å². The number of ether oxygens (including phenoxy) is 1. The number of aryl methyl sites for hydroxylation is 2. The standard InChI is InChI=1S/C22H26Cl2N2O3/c1-5-25-22(28)16(4)26(12-17-18(23)7-6-8-19(17)24)21(27)13-29-20-11-14(2)9-10-15(20)3/h6-11,16H,5,12-13H2,1-4H3,(H,25,28). The predicted molar refractivity (Wildman–Crippen MR) is 117 cm³/mol. The summed E-state index contributed by atoms with van der Waals surface area (Å²) in [6.45, 7) is 7.74. The number of halogens is 2. The highest BCUT2D eigenvalue weighted by Gasteiger charge is 2.27. The van der Waals surface area contributed by atoms with Gasteiger partial charge in [-0.05, 0) is 57.0 Å². The molecular formula is C22H26Cl2N2O3. The van der Waals surface area contributed by atoms with Gasteiger partial charge in [0.2, 0.25) is 5.91 Å². The van der Waals surface area contributed by atoms with Crippen molar-refractivity contribution in [2.45, 2.75) is 40.3 Å². The summed E-state index contributed by atoms with van der Waals surface area (Å²) < 4.78 is 5.76. The molecule has 0 fully saturated rings. The molecule has 0 saturated heterocycles. The molecule has 2 amide bonds. The first-order valence-corrected chi connectivity index (χ1v) is 10.2. The quantitative estimate of drug-likeness (QED) is 0.660. The summed E-state index contributed by atoms with van der Waals surface area (Å²) in [6.07, 6.45) is 0. The van der Waals surface area contributed by atoms with Crippen LogP contribution < -0.4 is 10.1 Å². The number of hydrogen-bond acceptors (Lipinski definition) is 3. The zero-order valence-electron chi connectivity index (χ0n) is 17.1. The van der Waals surface area contributed by atoms with Crippen LogP contribution in [0, 0.1) is 13.8 Å². The Morgan fingerprint density at radius 2 is 1.79 bits per heavy atom. The number of amides is 2. The topological polar surface area (TPSA) is 58.6 Å². The molecule has 0 saturated carbocycles. The van der Waals surface area contributed by atoms with Crippen LogP contribution in [0.4, 0.5) is 0 Å². The Morgan fingerprint density at radius 1 is 1.14 bits per heavy atom. The summed E-state index contributed by atoms with van der Waals surface area (Å²) in [5.74, 6) is 0.0520. The first kappa shape index (κ1) is 23.0. The van der Waals surface area contributed by atoms with Gasteiger partial charge in [-0.25, -0.2) is 0 Å². The second-order valence-electron chi connectivity index (χ2n) is 6.85. The van der Waals surface area contributed by atoms with Gasteiger partial charge in [0.05, 0.1) is 0 Å². The molecule has 7 heteroatoms. The van der Waals surface area contributed by atoms with Gasteiger partial charge in [-0.3, -0.25) is 9.59 Å². The molecular weight excluding hydrogens is 411 g/mol. The van der Waals surface area contributed by atoms with Gasteiger partial charge in [0.25, 0.3) is 5.91 Å². The smallest absolute Gasteiger partial charge is 0.261 e. The molecule has 2 rings (SSSR count). The van der Waals surface area contributed by atoms with Crippen LogP contribution in [-0.4, -0.2) is 35.9 Å². The lowest BCUT2D eigenvalue weighted by molar-refractivity contribution is -0.142. The number of hydrogen-bond donors (Lipinski definition) is 1. The van der Waals surface area contributed by atoms with E-state index in [0.29, 0.717) is 27.9 Å². The molecule has 0 aliphatic heterocycles. The molecule has 1 N–H and O–H groups in total. The number of nitrogens with zero attached hydrogens (tertiary/aromatic N) is 1. The van der Waals surface area contributed by atoms with E-state index in [2.05, 4.69) is 5.32 Å². The SMILES string of the molecule is CCNC(=O)C(C)N(Cc1c(Cl)cccc1Cl)C(=O)COc1cc(C)ccc1C. The van der Waals surface area contributed by atoms with Gasteiger partial charge in [0, 0.05) is 28.7 Å². The Morgan fingerprint density at radius 3 is 2.41 bits per heavy atom. The highest BCUT2D eigenvalue weighted by Crippen LogP contribution is 2.27. The van der Waals surface area contributed by atoms with Crippen LogP contribution in [0.2, 0.25) is 10.0 Å². The van der Waals surface area contributed by atoms with Gasteiger partial charge >= 0.3 is 0 Å². The van der Waals surface area contributed by atoms with E-state index >= 15 is 0 Å². The van der Waals surface area contributed by atoms with Crippen molar-refractivity contribution in [1.82, 2.24) is 10.2 Å². The summed E-state index contributed by atoms with van der Waals surface area (Å²) in [7, 11) is 0. The fourth-order valence-electron chi connectivity index (χ4n) is 2.84. The van der Waals surface area contributed by atoms with Crippen molar-refractivity contribution in [3.05, 3.63) is 63.1 Å². The number of carbonyl (C=O) groups excluding carboxylic acids is 2. The van der Waals surface area contributed by atoms with E-state index in [0.717, 1.165) is 11.1 Å². The Bertz CT molecular complexity index is 866. The van der Waals surface area contributed by atoms with Gasteiger partial charge in [0.1, 0.15) is 11.8 Å². The summed E-state index contributed by atoms with van der Waals surface area (Å²) in [6, 6.07) is 10.2. The maximum Gasteiger partial charge on any atom is 0.261 e. The van der Waals surface area contributed by atoms with E-state index in [1.165, 1.54) is 4.90 Å². The highest BCUT2D eigenvalue weighted by molar-refractivity contribution is 6.36. The lowest BCUT2D eigenvalue weighted by Gasteiger charge is -2.29. The number of benzene rings is 2. The molecule has 0 aliphatic rings. The minimum atomic E-state index is -0.711. The molecule has 0 bridgehead atoms. The number of nitrogens with one attached hydrogen (secondary N) is 1. The first-order chi connectivity index (χ1) is 13.7. The zero-order chi connectivity index (χ0) is 21.6. The molecule has 1 unspecified atom stereocenters. The van der Waals surface area contributed by atoms with E-state index < -0.39 is 6.04 Å². The predicted octanol–water partition coefficient (Wildman–Crippen LogP) is 4.54. The second-order valence-corrected chi connectivity index (χ2v) is 7.66. The summed E-state index contributed by atoms with van der Waals surface area (Å²) in [4.78, 5) is 26.9. The lowest BCUT2D eigenvalue weighted by Crippen LogP contribution is -2.49. The molecule has 0 aromatic heterocycles. The van der Waals surface area contributed by atoms with Crippen molar-refractivity contribution >= 4 is 35.0 Å². The third kappa shape index (κ3) is 6.12. The van der Waals surface area contributed by atoms with E-state index in [1.54, 1.807) is 25.1 Å². The molecule has 1 atom stereocenters. The number of rotatable bonds is 8. The minimum absolute atomic E-state index is 0.103. The van der Waals surface area contributed by atoms with Crippen molar-refractivity contribution in [2.75, 3.05) is 13.2 Å². The molecule has 5 nitrogen and oxygen atoms in total. The first-order valence-electron chi connectivity index (χ1n) is 9.44. The Labute approximate surface area is 181 Å². The Kier molecular flexibility index (Phi) is 8.35. The number of likely N-dealkylation sites (N-methyl/N-ethyl adjacent to an activating group) is 1. The van der Waals surface area contributed by atoms with Crippen LogP contribution in [0.5, 0.6) is 5.75 Å². The molecule has 156 valence electrons. The van der Waals surface area contributed by atoms with Crippen molar-refractivity contribution < 1.29 is 14.3 Å². The van der Waals surface area contributed by atoms with Gasteiger partial charge in [0.15, 0.2) is 6.61 Å². The summed E-state index contributed by atoms with van der Waals surface area (Å²) in [5.41, 5.74) is 2.56. The fourth-order valence-corrected chi connectivity index (χ4v) is 3.36. The largest absolute Gasteiger partial charge is 0.483 e. The third-order valence-electron chi connectivity index (χ3n) is 4.60. The van der Waals surface area contributed by atoms with E-state index in [4.69, 9.17) is 27.9 Å². The average Bonchev–Trinajstić information content (AvgIpc) is 2.68. The lowest BCUT2D eigenvalue weighted by atomic mass is 10.1. The third-order valence-corrected chi connectivity index (χ3v) is 5.31. The molecule has 0 radical (unpaired) electrons. The zero-order valence-corrected chi connectivity index (χ0v) is 18.6. The van der Waals surface area contributed by atoms with Gasteiger partial charge < -0.3 is 15.0 Å². The molecule has 2 aromatic rings. The highest BCUT2D eigenvalue weighted by atomic mass is 35.5. The molecule has 0 heterocycles. The molecule has 0 aliphatic carbocycles. The minimum Gasteiger partial charge on any atom is -0.483 e. The van der Waals surface area contributed by atoms with Crippen molar-refractivity contribution in [3.63, 3.8) is 0 Å². The van der Waals surface area contributed by atoms with E-state index in [-0.39, 0.29) is 25.0 Å². The van der Waals surface area contributed by atoms with E-state index in [9.17, 15) is 9.59 Å². The van der Waals surface area contributed by atoms with Crippen molar-refractivity contribution in [3.8, 4) is 5.75 Å². The van der Waals surface area contributed by atoms with Crippen LogP contribution in [-0.2, 0) is 16.1 Å². The van der Waals surface area contributed by atoms with Crippen LogP contribution in [0.15, 0.2) is 36.4 Å². The maximum atomic E-state index is 13.0.